The van der Waals surface area contributed by atoms with Crippen LogP contribution in [0.25, 0.3) is 0 Å². The van der Waals surface area contributed by atoms with Gasteiger partial charge in [0.1, 0.15) is 0 Å². The smallest absolute Gasteiger partial charge is 0.229 e. The van der Waals surface area contributed by atoms with E-state index in [9.17, 15) is 9.59 Å². The minimum absolute atomic E-state index is 0.0199. The molecule has 96 valence electrons. The van der Waals surface area contributed by atoms with Gasteiger partial charge in [0, 0.05) is 12.8 Å². The number of amides is 2. The van der Waals surface area contributed by atoms with Gasteiger partial charge >= 0.3 is 0 Å². The number of carbonyl (C=O) groups excluding carboxylic acids is 2. The largest absolute Gasteiger partial charge is 0.278 e. The Morgan fingerprint density at radius 1 is 1.11 bits per heavy atom. The second-order valence-electron chi connectivity index (χ2n) is 4.92. The molecule has 1 heterocycles. The fourth-order valence-electron chi connectivity index (χ4n) is 2.48. The van der Waals surface area contributed by atoms with E-state index >= 15 is 0 Å². The highest BCUT2D eigenvalue weighted by Gasteiger charge is 2.31. The van der Waals surface area contributed by atoms with Crippen LogP contribution in [-0.4, -0.2) is 16.7 Å². The molecule has 0 spiro atoms. The van der Waals surface area contributed by atoms with Gasteiger partial charge in [-0.05, 0) is 17.9 Å². The van der Waals surface area contributed by atoms with Crippen LogP contribution in [0.4, 0.5) is 0 Å². The highest BCUT2D eigenvalue weighted by molar-refractivity contribution is 5.97. The van der Waals surface area contributed by atoms with Crippen molar-refractivity contribution in [3.05, 3.63) is 35.9 Å². The van der Waals surface area contributed by atoms with E-state index in [-0.39, 0.29) is 17.7 Å². The molecule has 0 aromatic heterocycles. The molecule has 18 heavy (non-hydrogen) atoms. The Hall–Kier alpha value is -1.64. The first-order valence-electron chi connectivity index (χ1n) is 6.57. The molecule has 0 radical (unpaired) electrons. The number of hydrogen-bond acceptors (Lipinski definition) is 2. The topological polar surface area (TPSA) is 37.4 Å². The summed E-state index contributed by atoms with van der Waals surface area (Å²) in [6, 6.07) is 9.67. The molecule has 0 saturated carbocycles. The molecule has 0 aliphatic carbocycles. The molecule has 3 heteroatoms. The molecular formula is C15H19NO2. The van der Waals surface area contributed by atoms with Crippen molar-refractivity contribution in [2.45, 2.75) is 39.2 Å². The number of piperidine rings is 1. The predicted octanol–water partition coefficient (Wildman–Crippen LogP) is 2.75. The summed E-state index contributed by atoms with van der Waals surface area (Å²) in [7, 11) is 0. The van der Waals surface area contributed by atoms with Gasteiger partial charge in [-0.25, -0.2) is 0 Å². The summed E-state index contributed by atoms with van der Waals surface area (Å²) >= 11 is 0. The minimum atomic E-state index is -0.0199. The lowest BCUT2D eigenvalue weighted by atomic mass is 9.91. The molecule has 1 saturated heterocycles. The number of carbonyl (C=O) groups is 2. The maximum Gasteiger partial charge on any atom is 0.229 e. The van der Waals surface area contributed by atoms with Crippen molar-refractivity contribution in [1.29, 1.82) is 0 Å². The Morgan fingerprint density at radius 3 is 2.28 bits per heavy atom. The first-order chi connectivity index (χ1) is 8.70. The third-order valence-corrected chi connectivity index (χ3v) is 3.41. The van der Waals surface area contributed by atoms with Gasteiger partial charge in [0.2, 0.25) is 11.8 Å². The summed E-state index contributed by atoms with van der Waals surface area (Å²) in [5.41, 5.74) is 1.01. The first-order valence-corrected chi connectivity index (χ1v) is 6.57. The van der Waals surface area contributed by atoms with E-state index in [0.717, 1.165) is 18.4 Å². The quantitative estimate of drug-likeness (QED) is 0.765. The highest BCUT2D eigenvalue weighted by atomic mass is 16.2. The van der Waals surface area contributed by atoms with Crippen LogP contribution >= 0.6 is 0 Å². The zero-order valence-corrected chi connectivity index (χ0v) is 10.8. The van der Waals surface area contributed by atoms with E-state index in [1.165, 1.54) is 4.90 Å². The average Bonchev–Trinajstić information content (AvgIpc) is 2.36. The number of imide groups is 1. The molecule has 1 aliphatic heterocycles. The SMILES string of the molecule is CCCC1CC(=O)N(Cc2ccccc2)C(=O)C1. The Kier molecular flexibility index (Phi) is 4.13. The second-order valence-corrected chi connectivity index (χ2v) is 4.92. The molecule has 1 aliphatic rings. The number of hydrogen-bond donors (Lipinski definition) is 0. The minimum Gasteiger partial charge on any atom is -0.278 e. The van der Waals surface area contributed by atoms with Gasteiger partial charge < -0.3 is 0 Å². The first kappa shape index (κ1) is 12.8. The summed E-state index contributed by atoms with van der Waals surface area (Å²) in [6.45, 7) is 2.50. The lowest BCUT2D eigenvalue weighted by Gasteiger charge is -2.29. The molecule has 1 fully saturated rings. The standard InChI is InChI=1S/C15H19NO2/c1-2-6-13-9-14(17)16(15(18)10-13)11-12-7-4-3-5-8-12/h3-5,7-8,13H,2,6,9-11H2,1H3. The Bertz CT molecular complexity index is 409. The molecule has 0 bridgehead atoms. The van der Waals surface area contributed by atoms with Crippen LogP contribution in [0.5, 0.6) is 0 Å². The zero-order valence-electron chi connectivity index (χ0n) is 10.8. The van der Waals surface area contributed by atoms with E-state index < -0.39 is 0 Å². The molecule has 1 aromatic rings. The fourth-order valence-corrected chi connectivity index (χ4v) is 2.48. The van der Waals surface area contributed by atoms with Crippen molar-refractivity contribution in [3.63, 3.8) is 0 Å². The van der Waals surface area contributed by atoms with Gasteiger partial charge in [0.15, 0.2) is 0 Å². The summed E-state index contributed by atoms with van der Waals surface area (Å²) in [5, 5.41) is 0. The summed E-state index contributed by atoms with van der Waals surface area (Å²) < 4.78 is 0. The van der Waals surface area contributed by atoms with Crippen LogP contribution in [0.1, 0.15) is 38.2 Å². The molecule has 0 atom stereocenters. The van der Waals surface area contributed by atoms with Gasteiger partial charge in [-0.1, -0.05) is 43.7 Å². The third kappa shape index (κ3) is 2.97. The summed E-state index contributed by atoms with van der Waals surface area (Å²) in [6.07, 6.45) is 3.04. The number of likely N-dealkylation sites (tertiary alicyclic amines) is 1. The fraction of sp³-hybridized carbons (Fsp3) is 0.467. The lowest BCUT2D eigenvalue weighted by Crippen LogP contribution is -2.42. The molecule has 2 rings (SSSR count). The molecule has 1 aromatic carbocycles. The van der Waals surface area contributed by atoms with Gasteiger partial charge in [-0.15, -0.1) is 0 Å². The van der Waals surface area contributed by atoms with E-state index in [0.29, 0.717) is 19.4 Å². The van der Waals surface area contributed by atoms with Crippen LogP contribution in [0.2, 0.25) is 0 Å². The van der Waals surface area contributed by atoms with E-state index in [1.54, 1.807) is 0 Å². The number of rotatable bonds is 4. The third-order valence-electron chi connectivity index (χ3n) is 3.41. The molecular weight excluding hydrogens is 226 g/mol. The van der Waals surface area contributed by atoms with Crippen LogP contribution in [0.15, 0.2) is 30.3 Å². The van der Waals surface area contributed by atoms with Crippen LogP contribution in [0, 0.1) is 5.92 Å². The van der Waals surface area contributed by atoms with E-state index in [4.69, 9.17) is 0 Å². The van der Waals surface area contributed by atoms with Crippen LogP contribution < -0.4 is 0 Å². The molecule has 3 nitrogen and oxygen atoms in total. The highest BCUT2D eigenvalue weighted by Crippen LogP contribution is 2.24. The molecule has 0 N–H and O–H groups in total. The van der Waals surface area contributed by atoms with E-state index in [2.05, 4.69) is 6.92 Å². The number of benzene rings is 1. The summed E-state index contributed by atoms with van der Waals surface area (Å²) in [4.78, 5) is 25.4. The zero-order chi connectivity index (χ0) is 13.0. The van der Waals surface area contributed by atoms with Crippen LogP contribution in [0.3, 0.4) is 0 Å². The van der Waals surface area contributed by atoms with Crippen molar-refractivity contribution in [2.24, 2.45) is 5.92 Å². The van der Waals surface area contributed by atoms with Crippen molar-refractivity contribution in [1.82, 2.24) is 4.90 Å². The van der Waals surface area contributed by atoms with Crippen molar-refractivity contribution >= 4 is 11.8 Å². The Morgan fingerprint density at radius 2 is 1.72 bits per heavy atom. The van der Waals surface area contributed by atoms with E-state index in [1.807, 2.05) is 30.3 Å². The maximum atomic E-state index is 12.0. The van der Waals surface area contributed by atoms with Gasteiger partial charge in [-0.2, -0.15) is 0 Å². The van der Waals surface area contributed by atoms with Crippen molar-refractivity contribution < 1.29 is 9.59 Å². The van der Waals surface area contributed by atoms with Gasteiger partial charge in [0.25, 0.3) is 0 Å². The number of nitrogens with zero attached hydrogens (tertiary/aromatic N) is 1. The Labute approximate surface area is 108 Å². The summed E-state index contributed by atoms with van der Waals surface area (Å²) in [5.74, 6) is 0.212. The Balaban J connectivity index is 2.02. The van der Waals surface area contributed by atoms with Crippen molar-refractivity contribution in [2.75, 3.05) is 0 Å². The van der Waals surface area contributed by atoms with Gasteiger partial charge in [-0.3, -0.25) is 14.5 Å². The van der Waals surface area contributed by atoms with Gasteiger partial charge in [0.05, 0.1) is 6.54 Å². The lowest BCUT2D eigenvalue weighted by molar-refractivity contribution is -0.150. The van der Waals surface area contributed by atoms with Crippen LogP contribution in [-0.2, 0) is 16.1 Å². The van der Waals surface area contributed by atoms with Crippen molar-refractivity contribution in [3.8, 4) is 0 Å². The average molecular weight is 245 g/mol. The molecule has 2 amide bonds. The maximum absolute atomic E-state index is 12.0. The monoisotopic (exact) mass is 245 g/mol. The molecule has 0 unspecified atom stereocenters. The normalized spacial score (nSPS) is 17.3. The predicted molar refractivity (Wildman–Crippen MR) is 69.6 cm³/mol. The second kappa shape index (κ2) is 5.80.